The van der Waals surface area contributed by atoms with Crippen LogP contribution in [0.1, 0.15) is 34.1 Å². The molecule has 1 aliphatic rings. The van der Waals surface area contributed by atoms with Crippen LogP contribution >= 0.6 is 0 Å². The third-order valence-corrected chi connectivity index (χ3v) is 2.98. The Kier molecular flexibility index (Phi) is 4.51. The van der Waals surface area contributed by atoms with Gasteiger partial charge in [0.1, 0.15) is 0 Å². The fourth-order valence-electron chi connectivity index (χ4n) is 1.98. The third kappa shape index (κ3) is 2.29. The number of methoxy groups -OCH3 is 1. The molecule has 1 aliphatic heterocycles. The molecule has 1 rings (SSSR count). The first-order valence-corrected chi connectivity index (χ1v) is 5.99. The van der Waals surface area contributed by atoms with Gasteiger partial charge in [0.2, 0.25) is 0 Å². The smallest absolute Gasteiger partial charge is 0.356 e. The molecule has 0 aliphatic carbocycles. The van der Waals surface area contributed by atoms with E-state index in [-0.39, 0.29) is 5.92 Å². The van der Waals surface area contributed by atoms with Crippen LogP contribution in [0.5, 0.6) is 0 Å². The molecule has 98 valence electrons. The SMILES string of the molecule is CCOC(=O)C1(CC)ON=C(C(C)C)C1OC. The molecule has 0 saturated carbocycles. The fraction of sp³-hybridized carbons (Fsp3) is 0.833. The molecule has 0 saturated heterocycles. The summed E-state index contributed by atoms with van der Waals surface area (Å²) in [6.07, 6.45) is -0.00380. The van der Waals surface area contributed by atoms with Crippen molar-refractivity contribution in [3.8, 4) is 0 Å². The van der Waals surface area contributed by atoms with Crippen LogP contribution in [0.15, 0.2) is 5.16 Å². The normalized spacial score (nSPS) is 27.9. The number of hydrogen-bond acceptors (Lipinski definition) is 5. The minimum absolute atomic E-state index is 0.169. The zero-order valence-electron chi connectivity index (χ0n) is 11.1. The van der Waals surface area contributed by atoms with Gasteiger partial charge in [-0.15, -0.1) is 0 Å². The Hall–Kier alpha value is -1.10. The average molecular weight is 243 g/mol. The number of oxime groups is 1. The Bertz CT molecular complexity index is 314. The van der Waals surface area contributed by atoms with E-state index in [1.165, 1.54) is 0 Å². The maximum Gasteiger partial charge on any atom is 0.356 e. The van der Waals surface area contributed by atoms with Crippen molar-refractivity contribution in [1.29, 1.82) is 0 Å². The van der Waals surface area contributed by atoms with Crippen molar-refractivity contribution in [2.75, 3.05) is 13.7 Å². The second-order valence-corrected chi connectivity index (χ2v) is 4.34. The summed E-state index contributed by atoms with van der Waals surface area (Å²) in [7, 11) is 1.56. The predicted molar refractivity (Wildman–Crippen MR) is 63.8 cm³/mol. The third-order valence-electron chi connectivity index (χ3n) is 2.98. The van der Waals surface area contributed by atoms with Crippen LogP contribution in [0.2, 0.25) is 0 Å². The summed E-state index contributed by atoms with van der Waals surface area (Å²) in [5.41, 5.74) is -0.368. The van der Waals surface area contributed by atoms with Crippen LogP contribution in [-0.2, 0) is 19.1 Å². The average Bonchev–Trinajstić information content (AvgIpc) is 2.68. The number of hydrogen-bond donors (Lipinski definition) is 0. The van der Waals surface area contributed by atoms with E-state index >= 15 is 0 Å². The molecule has 17 heavy (non-hydrogen) atoms. The molecular weight excluding hydrogens is 222 g/mol. The van der Waals surface area contributed by atoms with Gasteiger partial charge >= 0.3 is 5.97 Å². The van der Waals surface area contributed by atoms with Crippen molar-refractivity contribution >= 4 is 11.7 Å². The molecule has 0 aromatic heterocycles. The van der Waals surface area contributed by atoms with Gasteiger partial charge in [-0.2, -0.15) is 0 Å². The van der Waals surface area contributed by atoms with E-state index in [0.29, 0.717) is 13.0 Å². The van der Waals surface area contributed by atoms with E-state index in [0.717, 1.165) is 5.71 Å². The first-order chi connectivity index (χ1) is 8.03. The second kappa shape index (κ2) is 5.49. The van der Waals surface area contributed by atoms with Gasteiger partial charge in [-0.05, 0) is 12.8 Å². The lowest BCUT2D eigenvalue weighted by Gasteiger charge is -2.29. The number of nitrogens with zero attached hydrogens (tertiary/aromatic N) is 1. The molecular formula is C12H21NO4. The molecule has 2 atom stereocenters. The Morgan fingerprint density at radius 2 is 2.18 bits per heavy atom. The lowest BCUT2D eigenvalue weighted by Crippen LogP contribution is -2.52. The van der Waals surface area contributed by atoms with Gasteiger partial charge in [-0.1, -0.05) is 25.9 Å². The summed E-state index contributed by atoms with van der Waals surface area (Å²) in [5, 5.41) is 4.01. The minimum atomic E-state index is -1.12. The fourth-order valence-corrected chi connectivity index (χ4v) is 1.98. The molecule has 0 bridgehead atoms. The zero-order valence-corrected chi connectivity index (χ0v) is 11.1. The Balaban J connectivity index is 2.99. The Morgan fingerprint density at radius 1 is 1.53 bits per heavy atom. The summed E-state index contributed by atoms with van der Waals surface area (Å²) in [6, 6.07) is 0. The number of carbonyl (C=O) groups is 1. The highest BCUT2D eigenvalue weighted by Gasteiger charge is 2.56. The highest BCUT2D eigenvalue weighted by molar-refractivity contribution is 5.98. The number of carbonyl (C=O) groups excluding carboxylic acids is 1. The van der Waals surface area contributed by atoms with Crippen LogP contribution < -0.4 is 0 Å². The summed E-state index contributed by atoms with van der Waals surface area (Å²) < 4.78 is 10.5. The van der Waals surface area contributed by atoms with E-state index in [1.807, 2.05) is 20.8 Å². The molecule has 0 aromatic rings. The van der Waals surface area contributed by atoms with Crippen LogP contribution in [0.25, 0.3) is 0 Å². The Labute approximate surface area is 102 Å². The van der Waals surface area contributed by atoms with E-state index in [9.17, 15) is 4.79 Å². The van der Waals surface area contributed by atoms with Crippen LogP contribution in [0.4, 0.5) is 0 Å². The topological polar surface area (TPSA) is 57.1 Å². The number of rotatable bonds is 5. The second-order valence-electron chi connectivity index (χ2n) is 4.34. The van der Waals surface area contributed by atoms with Gasteiger partial charge < -0.3 is 14.3 Å². The van der Waals surface area contributed by atoms with Crippen molar-refractivity contribution < 1.29 is 19.1 Å². The predicted octanol–water partition coefficient (Wildman–Crippen LogP) is 1.76. The van der Waals surface area contributed by atoms with Crippen molar-refractivity contribution in [3.63, 3.8) is 0 Å². The van der Waals surface area contributed by atoms with E-state index < -0.39 is 17.7 Å². The molecule has 1 heterocycles. The quantitative estimate of drug-likeness (QED) is 0.690. The maximum absolute atomic E-state index is 12.0. The van der Waals surface area contributed by atoms with Crippen LogP contribution in [-0.4, -0.2) is 37.1 Å². The summed E-state index contributed by atoms with van der Waals surface area (Å²) in [5.74, 6) is -0.239. The van der Waals surface area contributed by atoms with Gasteiger partial charge in [0.05, 0.1) is 12.3 Å². The largest absolute Gasteiger partial charge is 0.463 e. The molecule has 2 unspecified atom stereocenters. The van der Waals surface area contributed by atoms with E-state index in [4.69, 9.17) is 14.3 Å². The highest BCUT2D eigenvalue weighted by atomic mass is 16.7. The van der Waals surface area contributed by atoms with Gasteiger partial charge in [0.25, 0.3) is 5.60 Å². The molecule has 0 fully saturated rings. The van der Waals surface area contributed by atoms with E-state index in [1.54, 1.807) is 14.0 Å². The molecule has 0 N–H and O–H groups in total. The van der Waals surface area contributed by atoms with Gasteiger partial charge in [0.15, 0.2) is 6.10 Å². The maximum atomic E-state index is 12.0. The molecule has 0 radical (unpaired) electrons. The summed E-state index contributed by atoms with van der Waals surface area (Å²) in [4.78, 5) is 17.4. The molecule has 0 spiro atoms. The minimum Gasteiger partial charge on any atom is -0.463 e. The summed E-state index contributed by atoms with van der Waals surface area (Å²) >= 11 is 0. The molecule has 5 heteroatoms. The van der Waals surface area contributed by atoms with Crippen LogP contribution in [0, 0.1) is 5.92 Å². The van der Waals surface area contributed by atoms with Crippen molar-refractivity contribution in [1.82, 2.24) is 0 Å². The molecule has 0 aromatic carbocycles. The van der Waals surface area contributed by atoms with E-state index in [2.05, 4.69) is 5.16 Å². The monoisotopic (exact) mass is 243 g/mol. The number of ether oxygens (including phenoxy) is 2. The van der Waals surface area contributed by atoms with Crippen molar-refractivity contribution in [3.05, 3.63) is 0 Å². The number of esters is 1. The first kappa shape index (κ1) is 14.0. The standard InChI is InChI=1S/C12H21NO4/c1-6-12(11(14)16-7-2)10(15-5)9(8(3)4)13-17-12/h8,10H,6-7H2,1-5H3. The molecule has 0 amide bonds. The van der Waals surface area contributed by atoms with Gasteiger partial charge in [-0.3, -0.25) is 0 Å². The van der Waals surface area contributed by atoms with Gasteiger partial charge in [-0.25, -0.2) is 4.79 Å². The summed E-state index contributed by atoms with van der Waals surface area (Å²) in [6.45, 7) is 7.93. The molecule has 5 nitrogen and oxygen atoms in total. The lowest BCUT2D eigenvalue weighted by molar-refractivity contribution is -0.180. The van der Waals surface area contributed by atoms with Crippen LogP contribution in [0.3, 0.4) is 0 Å². The van der Waals surface area contributed by atoms with Gasteiger partial charge in [0, 0.05) is 13.5 Å². The van der Waals surface area contributed by atoms with Crippen molar-refractivity contribution in [2.45, 2.75) is 45.8 Å². The zero-order chi connectivity index (χ0) is 13.1. The first-order valence-electron chi connectivity index (χ1n) is 5.99. The lowest BCUT2D eigenvalue weighted by atomic mass is 9.87. The Morgan fingerprint density at radius 3 is 2.59 bits per heavy atom. The highest BCUT2D eigenvalue weighted by Crippen LogP contribution is 2.33. The van der Waals surface area contributed by atoms with Crippen molar-refractivity contribution in [2.24, 2.45) is 11.1 Å².